The van der Waals surface area contributed by atoms with Gasteiger partial charge in [0.25, 0.3) is 0 Å². The molecular weight excluding hydrogens is 248 g/mol. The molecule has 1 aliphatic carbocycles. The van der Waals surface area contributed by atoms with Gasteiger partial charge in [-0.15, -0.1) is 0 Å². The molecule has 2 N–H and O–H groups in total. The fourth-order valence-electron chi connectivity index (χ4n) is 3.14. The van der Waals surface area contributed by atoms with Gasteiger partial charge in [-0.1, -0.05) is 6.92 Å². The summed E-state index contributed by atoms with van der Waals surface area (Å²) in [5.74, 6) is 1.86. The zero-order chi connectivity index (χ0) is 14.1. The lowest BCUT2D eigenvalue weighted by atomic mass is 9.86. The first-order chi connectivity index (χ1) is 9.65. The summed E-state index contributed by atoms with van der Waals surface area (Å²) in [5, 5.41) is 1.05. The Hall–Kier alpha value is -1.84. The second kappa shape index (κ2) is 5.27. The van der Waals surface area contributed by atoms with Gasteiger partial charge in [-0.05, 0) is 49.8 Å². The summed E-state index contributed by atoms with van der Waals surface area (Å²) < 4.78 is 0. The van der Waals surface area contributed by atoms with Crippen molar-refractivity contribution in [1.29, 1.82) is 0 Å². The fraction of sp³-hybridized carbons (Fsp3) is 0.500. The van der Waals surface area contributed by atoms with Gasteiger partial charge in [-0.2, -0.15) is 0 Å². The summed E-state index contributed by atoms with van der Waals surface area (Å²) in [4.78, 5) is 11.1. The maximum absolute atomic E-state index is 5.92. The molecule has 3 rings (SSSR count). The number of hydrogen-bond acceptors (Lipinski definition) is 4. The lowest BCUT2D eigenvalue weighted by molar-refractivity contribution is 0.340. The summed E-state index contributed by atoms with van der Waals surface area (Å²) >= 11 is 0. The molecule has 0 unspecified atom stereocenters. The van der Waals surface area contributed by atoms with E-state index in [9.17, 15) is 0 Å². The minimum atomic E-state index is 0.575. The minimum Gasteiger partial charge on any atom is -0.399 e. The largest absolute Gasteiger partial charge is 0.399 e. The number of benzene rings is 1. The highest BCUT2D eigenvalue weighted by molar-refractivity contribution is 5.91. The number of nitrogen functional groups attached to an aromatic ring is 1. The zero-order valence-electron chi connectivity index (χ0n) is 12.2. The molecule has 20 heavy (non-hydrogen) atoms. The van der Waals surface area contributed by atoms with Crippen molar-refractivity contribution in [3.63, 3.8) is 0 Å². The van der Waals surface area contributed by atoms with Crippen LogP contribution in [-0.2, 0) is 0 Å². The van der Waals surface area contributed by atoms with E-state index in [1.54, 1.807) is 6.33 Å². The van der Waals surface area contributed by atoms with Crippen LogP contribution in [0.4, 0.5) is 11.5 Å². The number of nitrogens with zero attached hydrogens (tertiary/aromatic N) is 3. The fourth-order valence-corrected chi connectivity index (χ4v) is 3.14. The van der Waals surface area contributed by atoms with Crippen LogP contribution in [0.5, 0.6) is 0 Å². The van der Waals surface area contributed by atoms with Crippen LogP contribution >= 0.6 is 0 Å². The van der Waals surface area contributed by atoms with Crippen LogP contribution in [0.25, 0.3) is 10.9 Å². The predicted octanol–water partition coefficient (Wildman–Crippen LogP) is 3.23. The zero-order valence-corrected chi connectivity index (χ0v) is 12.2. The Morgan fingerprint density at radius 2 is 1.90 bits per heavy atom. The highest BCUT2D eigenvalue weighted by Gasteiger charge is 2.23. The van der Waals surface area contributed by atoms with Crippen LogP contribution < -0.4 is 10.6 Å². The second-order valence-electron chi connectivity index (χ2n) is 6.00. The minimum absolute atomic E-state index is 0.575. The lowest BCUT2D eigenvalue weighted by Crippen LogP contribution is -2.35. The van der Waals surface area contributed by atoms with Crippen molar-refractivity contribution in [2.75, 3.05) is 17.7 Å². The van der Waals surface area contributed by atoms with E-state index in [0.29, 0.717) is 6.04 Å². The molecule has 1 heterocycles. The highest BCUT2D eigenvalue weighted by atomic mass is 15.2. The molecule has 0 radical (unpaired) electrons. The molecule has 0 aliphatic heterocycles. The molecule has 1 saturated carbocycles. The Morgan fingerprint density at radius 3 is 2.65 bits per heavy atom. The molecule has 1 aromatic carbocycles. The average Bonchev–Trinajstić information content (AvgIpc) is 2.46. The number of nitrogens with two attached hydrogens (primary N) is 1. The van der Waals surface area contributed by atoms with Gasteiger partial charge in [0, 0.05) is 24.2 Å². The first kappa shape index (κ1) is 13.2. The summed E-state index contributed by atoms with van der Waals surface area (Å²) in [6.45, 7) is 2.34. The number of rotatable bonds is 2. The molecule has 2 aromatic rings. The summed E-state index contributed by atoms with van der Waals surface area (Å²) in [6.07, 6.45) is 6.74. The lowest BCUT2D eigenvalue weighted by Gasteiger charge is -2.34. The number of anilines is 2. The van der Waals surface area contributed by atoms with Gasteiger partial charge in [0.05, 0.1) is 5.52 Å². The van der Waals surface area contributed by atoms with Crippen molar-refractivity contribution >= 4 is 22.4 Å². The Bertz CT molecular complexity index is 602. The van der Waals surface area contributed by atoms with E-state index in [4.69, 9.17) is 5.73 Å². The second-order valence-corrected chi connectivity index (χ2v) is 6.00. The molecule has 0 bridgehead atoms. The van der Waals surface area contributed by atoms with Crippen molar-refractivity contribution in [1.82, 2.24) is 9.97 Å². The van der Waals surface area contributed by atoms with Gasteiger partial charge in [0.2, 0.25) is 0 Å². The van der Waals surface area contributed by atoms with Gasteiger partial charge >= 0.3 is 0 Å². The smallest absolute Gasteiger partial charge is 0.139 e. The molecule has 106 valence electrons. The number of hydrogen-bond donors (Lipinski definition) is 1. The summed E-state index contributed by atoms with van der Waals surface area (Å²) in [6, 6.07) is 6.41. The van der Waals surface area contributed by atoms with Gasteiger partial charge in [-0.25, -0.2) is 9.97 Å². The van der Waals surface area contributed by atoms with Crippen LogP contribution in [0.2, 0.25) is 0 Å². The van der Waals surface area contributed by atoms with E-state index >= 15 is 0 Å². The Labute approximate surface area is 120 Å². The third-order valence-electron chi connectivity index (χ3n) is 4.51. The Balaban J connectivity index is 1.95. The Morgan fingerprint density at radius 1 is 1.15 bits per heavy atom. The van der Waals surface area contributed by atoms with Gasteiger partial charge < -0.3 is 10.6 Å². The highest BCUT2D eigenvalue weighted by Crippen LogP contribution is 2.31. The molecule has 0 atom stereocenters. The first-order valence-electron chi connectivity index (χ1n) is 7.38. The Kier molecular flexibility index (Phi) is 3.47. The summed E-state index contributed by atoms with van der Waals surface area (Å²) in [5.41, 5.74) is 7.64. The first-order valence-corrected chi connectivity index (χ1v) is 7.38. The van der Waals surface area contributed by atoms with E-state index in [2.05, 4.69) is 28.8 Å². The average molecular weight is 270 g/mol. The molecule has 0 saturated heterocycles. The van der Waals surface area contributed by atoms with Gasteiger partial charge in [0.15, 0.2) is 0 Å². The van der Waals surface area contributed by atoms with Crippen LogP contribution in [0.3, 0.4) is 0 Å². The van der Waals surface area contributed by atoms with E-state index in [1.807, 2.05) is 18.2 Å². The van der Waals surface area contributed by atoms with Crippen LogP contribution in [0.15, 0.2) is 24.5 Å². The quantitative estimate of drug-likeness (QED) is 0.851. The topological polar surface area (TPSA) is 55.0 Å². The third kappa shape index (κ3) is 2.42. The molecule has 1 fully saturated rings. The third-order valence-corrected chi connectivity index (χ3v) is 4.51. The number of aromatic nitrogens is 2. The molecule has 4 nitrogen and oxygen atoms in total. The van der Waals surface area contributed by atoms with E-state index < -0.39 is 0 Å². The molecule has 0 spiro atoms. The van der Waals surface area contributed by atoms with Crippen molar-refractivity contribution in [3.05, 3.63) is 24.5 Å². The van der Waals surface area contributed by atoms with E-state index in [1.165, 1.54) is 25.7 Å². The maximum Gasteiger partial charge on any atom is 0.139 e. The van der Waals surface area contributed by atoms with Crippen LogP contribution in [0, 0.1) is 5.92 Å². The van der Waals surface area contributed by atoms with Crippen LogP contribution in [0.1, 0.15) is 32.6 Å². The molecule has 1 aromatic heterocycles. The van der Waals surface area contributed by atoms with Gasteiger partial charge in [-0.3, -0.25) is 0 Å². The monoisotopic (exact) mass is 270 g/mol. The number of fused-ring (bicyclic) bond motifs is 1. The van der Waals surface area contributed by atoms with Crippen LogP contribution in [-0.4, -0.2) is 23.1 Å². The maximum atomic E-state index is 5.92. The molecule has 4 heteroatoms. The standard InChI is InChI=1S/C16H22N4/c1-11-3-6-13(7-4-11)20(2)16-14-9-12(17)5-8-15(14)18-10-19-16/h5,8-11,13H,3-4,6-7,17H2,1-2H3. The van der Waals surface area contributed by atoms with Crippen molar-refractivity contribution in [3.8, 4) is 0 Å². The predicted molar refractivity (Wildman–Crippen MR) is 83.8 cm³/mol. The van der Waals surface area contributed by atoms with Crippen molar-refractivity contribution in [2.24, 2.45) is 5.92 Å². The van der Waals surface area contributed by atoms with Gasteiger partial charge in [0.1, 0.15) is 12.1 Å². The van der Waals surface area contributed by atoms with Crippen molar-refractivity contribution < 1.29 is 0 Å². The molecule has 1 aliphatic rings. The summed E-state index contributed by atoms with van der Waals surface area (Å²) in [7, 11) is 2.14. The SMILES string of the molecule is CC1CCC(N(C)c2ncnc3ccc(N)cc23)CC1. The normalized spacial score (nSPS) is 22.9. The van der Waals surface area contributed by atoms with E-state index in [-0.39, 0.29) is 0 Å². The van der Waals surface area contributed by atoms with Crippen molar-refractivity contribution in [2.45, 2.75) is 38.6 Å². The molecule has 0 amide bonds. The molecular formula is C16H22N4. The van der Waals surface area contributed by atoms with E-state index in [0.717, 1.165) is 28.3 Å².